The standard InChI is InChI=1S/C24H30N4O2/c1-19-8-10-21(11-9-19)25-23(29)17-26-13-15-27(16-14-26)24(30)18-28-12-4-6-20-5-2-3-7-22(20)28/h2-3,5,7-11H,4,6,12-18H2,1H3,(H,25,29)/p+1. The van der Waals surface area contributed by atoms with Gasteiger partial charge in [0.25, 0.3) is 5.91 Å². The Bertz CT molecular complexity index is 888. The van der Waals surface area contributed by atoms with E-state index in [-0.39, 0.29) is 11.8 Å². The van der Waals surface area contributed by atoms with Crippen LogP contribution in [0.15, 0.2) is 48.5 Å². The van der Waals surface area contributed by atoms with Gasteiger partial charge in [-0.2, -0.15) is 0 Å². The Morgan fingerprint density at radius 1 is 1.00 bits per heavy atom. The fraction of sp³-hybridized carbons (Fsp3) is 0.417. The van der Waals surface area contributed by atoms with E-state index in [9.17, 15) is 9.59 Å². The number of nitrogens with one attached hydrogen (secondary N) is 2. The number of hydrogen-bond acceptors (Lipinski definition) is 3. The van der Waals surface area contributed by atoms with E-state index >= 15 is 0 Å². The molecular weight excluding hydrogens is 376 g/mol. The molecule has 2 heterocycles. The van der Waals surface area contributed by atoms with Crippen molar-refractivity contribution in [3.05, 3.63) is 59.7 Å². The third-order valence-corrected chi connectivity index (χ3v) is 6.10. The monoisotopic (exact) mass is 407 g/mol. The van der Waals surface area contributed by atoms with Crippen LogP contribution >= 0.6 is 0 Å². The Hall–Kier alpha value is -2.86. The van der Waals surface area contributed by atoms with E-state index in [1.54, 1.807) is 0 Å². The number of nitrogens with zero attached hydrogens (tertiary/aromatic N) is 2. The topological polar surface area (TPSA) is 57.1 Å². The van der Waals surface area contributed by atoms with Gasteiger partial charge in [0.2, 0.25) is 5.91 Å². The number of benzene rings is 2. The molecule has 0 radical (unpaired) electrons. The molecule has 158 valence electrons. The molecule has 2 N–H and O–H groups in total. The Balaban J connectivity index is 1.24. The van der Waals surface area contributed by atoms with Gasteiger partial charge in [0.15, 0.2) is 6.54 Å². The van der Waals surface area contributed by atoms with E-state index in [4.69, 9.17) is 0 Å². The minimum absolute atomic E-state index is 0.0264. The summed E-state index contributed by atoms with van der Waals surface area (Å²) in [5.41, 5.74) is 4.55. The Morgan fingerprint density at radius 3 is 2.50 bits per heavy atom. The summed E-state index contributed by atoms with van der Waals surface area (Å²) in [6.45, 7) is 6.89. The zero-order valence-corrected chi connectivity index (χ0v) is 17.7. The molecular formula is C24H31N4O2+. The maximum absolute atomic E-state index is 12.9. The van der Waals surface area contributed by atoms with Gasteiger partial charge in [0, 0.05) is 17.9 Å². The lowest BCUT2D eigenvalue weighted by atomic mass is 10.0. The first-order valence-corrected chi connectivity index (χ1v) is 10.9. The smallest absolute Gasteiger partial charge is 0.279 e. The summed E-state index contributed by atoms with van der Waals surface area (Å²) in [7, 11) is 0. The van der Waals surface area contributed by atoms with Crippen molar-refractivity contribution in [2.24, 2.45) is 0 Å². The van der Waals surface area contributed by atoms with Crippen LogP contribution in [-0.2, 0) is 16.0 Å². The average molecular weight is 408 g/mol. The van der Waals surface area contributed by atoms with Crippen LogP contribution in [0.5, 0.6) is 0 Å². The molecule has 2 amide bonds. The van der Waals surface area contributed by atoms with Crippen LogP contribution in [0.1, 0.15) is 17.5 Å². The number of aryl methyl sites for hydroxylation is 2. The summed E-state index contributed by atoms with van der Waals surface area (Å²) in [4.78, 5) is 30.6. The van der Waals surface area contributed by atoms with Crippen LogP contribution in [0.25, 0.3) is 0 Å². The minimum atomic E-state index is 0.0264. The molecule has 0 bridgehead atoms. The van der Waals surface area contributed by atoms with Gasteiger partial charge in [-0.05, 0) is 43.5 Å². The summed E-state index contributed by atoms with van der Waals surface area (Å²) in [5, 5.41) is 2.97. The second-order valence-electron chi connectivity index (χ2n) is 8.38. The number of quaternary nitrogens is 1. The van der Waals surface area contributed by atoms with Gasteiger partial charge in [-0.15, -0.1) is 0 Å². The Labute approximate surface area is 178 Å². The van der Waals surface area contributed by atoms with Crippen molar-refractivity contribution in [2.45, 2.75) is 19.8 Å². The molecule has 6 heteroatoms. The van der Waals surface area contributed by atoms with Crippen LogP contribution in [-0.4, -0.2) is 62.5 Å². The number of piperazine rings is 1. The number of carbonyl (C=O) groups excluding carboxylic acids is 2. The predicted molar refractivity (Wildman–Crippen MR) is 119 cm³/mol. The highest BCUT2D eigenvalue weighted by Gasteiger charge is 2.27. The van der Waals surface area contributed by atoms with Gasteiger partial charge in [0.05, 0.1) is 32.7 Å². The highest BCUT2D eigenvalue weighted by atomic mass is 16.2. The van der Waals surface area contributed by atoms with Crippen molar-refractivity contribution < 1.29 is 14.5 Å². The molecule has 2 aliphatic heterocycles. The van der Waals surface area contributed by atoms with Crippen molar-refractivity contribution in [3.8, 4) is 0 Å². The number of rotatable bonds is 5. The van der Waals surface area contributed by atoms with Crippen molar-refractivity contribution >= 4 is 23.2 Å². The van der Waals surface area contributed by atoms with Crippen molar-refractivity contribution in [1.82, 2.24) is 4.90 Å². The molecule has 0 unspecified atom stereocenters. The van der Waals surface area contributed by atoms with Gasteiger partial charge < -0.3 is 20.0 Å². The lowest BCUT2D eigenvalue weighted by Gasteiger charge is -2.35. The molecule has 30 heavy (non-hydrogen) atoms. The first-order chi connectivity index (χ1) is 14.6. The first kappa shape index (κ1) is 20.4. The summed E-state index contributed by atoms with van der Waals surface area (Å²) in [6, 6.07) is 16.2. The van der Waals surface area contributed by atoms with Crippen molar-refractivity contribution in [1.29, 1.82) is 0 Å². The van der Waals surface area contributed by atoms with Crippen LogP contribution in [0, 0.1) is 6.92 Å². The molecule has 6 nitrogen and oxygen atoms in total. The number of anilines is 2. The van der Waals surface area contributed by atoms with Gasteiger partial charge in [-0.3, -0.25) is 9.59 Å². The van der Waals surface area contributed by atoms with Gasteiger partial charge >= 0.3 is 0 Å². The molecule has 1 saturated heterocycles. The van der Waals surface area contributed by atoms with E-state index in [2.05, 4.69) is 28.4 Å². The Morgan fingerprint density at radius 2 is 1.73 bits per heavy atom. The molecule has 0 spiro atoms. The normalized spacial score (nSPS) is 16.8. The van der Waals surface area contributed by atoms with Crippen molar-refractivity contribution in [2.75, 3.05) is 56.0 Å². The second-order valence-corrected chi connectivity index (χ2v) is 8.38. The van der Waals surface area contributed by atoms with Gasteiger partial charge in [-0.25, -0.2) is 0 Å². The van der Waals surface area contributed by atoms with E-state index < -0.39 is 0 Å². The number of fused-ring (bicyclic) bond motifs is 1. The summed E-state index contributed by atoms with van der Waals surface area (Å²) in [6.07, 6.45) is 2.19. The van der Waals surface area contributed by atoms with Crippen LogP contribution in [0.4, 0.5) is 11.4 Å². The van der Waals surface area contributed by atoms with E-state index in [0.717, 1.165) is 38.2 Å². The SMILES string of the molecule is Cc1ccc(NC(=O)C[NH+]2CCN(C(=O)CN3CCCc4ccccc43)CC2)cc1. The zero-order valence-electron chi connectivity index (χ0n) is 17.7. The highest BCUT2D eigenvalue weighted by molar-refractivity contribution is 5.91. The number of amides is 2. The number of carbonyl (C=O) groups is 2. The minimum Gasteiger partial charge on any atom is -0.362 e. The predicted octanol–water partition coefficient (Wildman–Crippen LogP) is 1.11. The largest absolute Gasteiger partial charge is 0.362 e. The molecule has 2 aliphatic rings. The fourth-order valence-electron chi connectivity index (χ4n) is 4.36. The van der Waals surface area contributed by atoms with Crippen LogP contribution in [0.2, 0.25) is 0 Å². The fourth-order valence-corrected chi connectivity index (χ4v) is 4.36. The van der Waals surface area contributed by atoms with Gasteiger partial charge in [0.1, 0.15) is 0 Å². The molecule has 0 atom stereocenters. The zero-order chi connectivity index (χ0) is 20.9. The Kier molecular flexibility index (Phi) is 6.33. The molecule has 0 saturated carbocycles. The quantitative estimate of drug-likeness (QED) is 0.781. The number of para-hydroxylation sites is 1. The van der Waals surface area contributed by atoms with Crippen LogP contribution < -0.4 is 15.1 Å². The molecule has 2 aromatic carbocycles. The highest BCUT2D eigenvalue weighted by Crippen LogP contribution is 2.26. The summed E-state index contributed by atoms with van der Waals surface area (Å²) >= 11 is 0. The molecule has 4 rings (SSSR count). The summed E-state index contributed by atoms with van der Waals surface area (Å²) in [5.74, 6) is 0.216. The average Bonchev–Trinajstić information content (AvgIpc) is 2.76. The van der Waals surface area contributed by atoms with Crippen LogP contribution in [0.3, 0.4) is 0 Å². The maximum Gasteiger partial charge on any atom is 0.279 e. The maximum atomic E-state index is 12.9. The van der Waals surface area contributed by atoms with E-state index in [1.165, 1.54) is 21.7 Å². The molecule has 1 fully saturated rings. The lowest BCUT2D eigenvalue weighted by Crippen LogP contribution is -3.15. The summed E-state index contributed by atoms with van der Waals surface area (Å²) < 4.78 is 0. The van der Waals surface area contributed by atoms with E-state index in [0.29, 0.717) is 26.2 Å². The van der Waals surface area contributed by atoms with Gasteiger partial charge in [-0.1, -0.05) is 35.9 Å². The molecule has 0 aromatic heterocycles. The van der Waals surface area contributed by atoms with Crippen molar-refractivity contribution in [3.63, 3.8) is 0 Å². The second kappa shape index (κ2) is 9.30. The number of hydrogen-bond donors (Lipinski definition) is 2. The molecule has 2 aromatic rings. The third-order valence-electron chi connectivity index (χ3n) is 6.10. The van der Waals surface area contributed by atoms with E-state index in [1.807, 2.05) is 42.2 Å². The first-order valence-electron chi connectivity index (χ1n) is 10.9. The third kappa shape index (κ3) is 5.00. The molecule has 0 aliphatic carbocycles. The lowest BCUT2D eigenvalue weighted by molar-refractivity contribution is -0.895.